The average Bonchev–Trinajstić information content (AvgIpc) is 3.27. The summed E-state index contributed by atoms with van der Waals surface area (Å²) in [6.45, 7) is 5.63. The number of hydrogen-bond acceptors (Lipinski definition) is 6. The standard InChI is InChI=1S/C21H29N5O2/c27-21(23-14-19-7-12-28-24-19)18-4-2-9-26(16-18)20-5-10-25(11-6-20)15-17-3-1-8-22-13-17/h1,3,7-8,12-13,18,20H,2,4-6,9-11,14-16H2,(H,23,27)/t18-/m1/s1. The summed E-state index contributed by atoms with van der Waals surface area (Å²) in [5.41, 5.74) is 2.05. The lowest BCUT2D eigenvalue weighted by atomic mass is 9.93. The summed E-state index contributed by atoms with van der Waals surface area (Å²) in [7, 11) is 0. The third kappa shape index (κ3) is 4.97. The van der Waals surface area contributed by atoms with Gasteiger partial charge in [0.05, 0.1) is 12.5 Å². The minimum absolute atomic E-state index is 0.0778. The third-order valence-electron chi connectivity index (χ3n) is 5.96. The van der Waals surface area contributed by atoms with Crippen LogP contribution < -0.4 is 5.32 Å². The molecule has 2 saturated heterocycles. The summed E-state index contributed by atoms with van der Waals surface area (Å²) >= 11 is 0. The molecule has 0 unspecified atom stereocenters. The number of aromatic nitrogens is 2. The molecule has 0 aromatic carbocycles. The van der Waals surface area contributed by atoms with Crippen molar-refractivity contribution in [2.45, 2.75) is 44.8 Å². The topological polar surface area (TPSA) is 74.5 Å². The van der Waals surface area contributed by atoms with E-state index in [4.69, 9.17) is 4.52 Å². The Kier molecular flexibility index (Phi) is 6.34. The molecule has 2 aromatic rings. The SMILES string of the molecule is O=C(NCc1ccon1)[C@@H]1CCCN(C2CCN(Cc3cccnc3)CC2)C1. The van der Waals surface area contributed by atoms with Crippen LogP contribution in [0.5, 0.6) is 0 Å². The number of rotatable bonds is 6. The average molecular weight is 383 g/mol. The van der Waals surface area contributed by atoms with Gasteiger partial charge in [0.25, 0.3) is 0 Å². The highest BCUT2D eigenvalue weighted by Gasteiger charge is 2.31. The lowest BCUT2D eigenvalue weighted by Gasteiger charge is -2.42. The fourth-order valence-electron chi connectivity index (χ4n) is 4.40. The smallest absolute Gasteiger partial charge is 0.224 e. The van der Waals surface area contributed by atoms with Crippen molar-refractivity contribution in [3.8, 4) is 0 Å². The van der Waals surface area contributed by atoms with E-state index >= 15 is 0 Å². The Morgan fingerprint density at radius 3 is 2.86 bits per heavy atom. The largest absolute Gasteiger partial charge is 0.364 e. The van der Waals surface area contributed by atoms with Gasteiger partial charge in [0.15, 0.2) is 0 Å². The molecule has 2 aliphatic heterocycles. The maximum atomic E-state index is 12.6. The maximum Gasteiger partial charge on any atom is 0.224 e. The van der Waals surface area contributed by atoms with Crippen molar-refractivity contribution in [3.63, 3.8) is 0 Å². The molecule has 2 aliphatic rings. The van der Waals surface area contributed by atoms with Crippen LogP contribution in [0.25, 0.3) is 0 Å². The zero-order chi connectivity index (χ0) is 19.2. The summed E-state index contributed by atoms with van der Waals surface area (Å²) in [6, 6.07) is 6.53. The fraction of sp³-hybridized carbons (Fsp3) is 0.571. The van der Waals surface area contributed by atoms with Gasteiger partial charge in [0.1, 0.15) is 12.0 Å². The Hall–Kier alpha value is -2.25. The first-order valence-electron chi connectivity index (χ1n) is 10.3. The molecule has 0 bridgehead atoms. The summed E-state index contributed by atoms with van der Waals surface area (Å²) in [4.78, 5) is 21.8. The van der Waals surface area contributed by atoms with Gasteiger partial charge in [-0.2, -0.15) is 0 Å². The van der Waals surface area contributed by atoms with Gasteiger partial charge in [-0.3, -0.25) is 19.6 Å². The first-order valence-corrected chi connectivity index (χ1v) is 10.3. The summed E-state index contributed by atoms with van der Waals surface area (Å²) in [6.07, 6.45) is 9.73. The van der Waals surface area contributed by atoms with E-state index in [0.717, 1.165) is 51.3 Å². The molecule has 0 aliphatic carbocycles. The van der Waals surface area contributed by atoms with E-state index in [1.807, 2.05) is 18.5 Å². The van der Waals surface area contributed by atoms with E-state index in [0.29, 0.717) is 12.6 Å². The van der Waals surface area contributed by atoms with Gasteiger partial charge < -0.3 is 9.84 Å². The summed E-state index contributed by atoms with van der Waals surface area (Å²) in [5.74, 6) is 0.218. The number of likely N-dealkylation sites (tertiary alicyclic amines) is 2. The van der Waals surface area contributed by atoms with Crippen molar-refractivity contribution >= 4 is 5.91 Å². The van der Waals surface area contributed by atoms with Crippen LogP contribution in [0.3, 0.4) is 0 Å². The number of pyridine rings is 1. The van der Waals surface area contributed by atoms with E-state index in [9.17, 15) is 4.79 Å². The lowest BCUT2D eigenvalue weighted by molar-refractivity contribution is -0.127. The molecule has 0 radical (unpaired) electrons. The van der Waals surface area contributed by atoms with Crippen LogP contribution in [-0.2, 0) is 17.9 Å². The van der Waals surface area contributed by atoms with Crippen molar-refractivity contribution in [2.24, 2.45) is 5.92 Å². The lowest BCUT2D eigenvalue weighted by Crippen LogP contribution is -2.50. The molecule has 150 valence electrons. The van der Waals surface area contributed by atoms with Crippen molar-refractivity contribution in [1.82, 2.24) is 25.3 Å². The second-order valence-electron chi connectivity index (χ2n) is 7.91. The first kappa shape index (κ1) is 19.1. The van der Waals surface area contributed by atoms with Crippen molar-refractivity contribution in [2.75, 3.05) is 26.2 Å². The summed E-state index contributed by atoms with van der Waals surface area (Å²) in [5, 5.41) is 6.86. The van der Waals surface area contributed by atoms with Gasteiger partial charge in [0, 0.05) is 37.6 Å². The van der Waals surface area contributed by atoms with Crippen LogP contribution in [-0.4, -0.2) is 58.1 Å². The van der Waals surface area contributed by atoms with Crippen LogP contribution in [0.1, 0.15) is 36.9 Å². The van der Waals surface area contributed by atoms with Crippen LogP contribution in [0.15, 0.2) is 41.4 Å². The number of amides is 1. The Bertz CT molecular complexity index is 729. The number of piperidine rings is 2. The van der Waals surface area contributed by atoms with Crippen LogP contribution in [0.2, 0.25) is 0 Å². The van der Waals surface area contributed by atoms with Crippen LogP contribution in [0, 0.1) is 5.92 Å². The molecule has 1 atom stereocenters. The molecule has 4 rings (SSSR count). The molecule has 0 saturated carbocycles. The highest BCUT2D eigenvalue weighted by Crippen LogP contribution is 2.24. The second-order valence-corrected chi connectivity index (χ2v) is 7.91. The molecular formula is C21H29N5O2. The van der Waals surface area contributed by atoms with Crippen molar-refractivity contribution in [1.29, 1.82) is 0 Å². The van der Waals surface area contributed by atoms with Gasteiger partial charge in [-0.15, -0.1) is 0 Å². The molecule has 1 amide bonds. The molecule has 7 heteroatoms. The number of nitrogens with one attached hydrogen (secondary N) is 1. The van der Waals surface area contributed by atoms with Crippen molar-refractivity contribution in [3.05, 3.63) is 48.1 Å². The Morgan fingerprint density at radius 1 is 1.21 bits per heavy atom. The highest BCUT2D eigenvalue weighted by molar-refractivity contribution is 5.78. The fourth-order valence-corrected chi connectivity index (χ4v) is 4.40. The van der Waals surface area contributed by atoms with E-state index in [1.54, 1.807) is 6.07 Å². The molecular weight excluding hydrogens is 354 g/mol. The van der Waals surface area contributed by atoms with Gasteiger partial charge >= 0.3 is 0 Å². The first-order chi connectivity index (χ1) is 13.8. The molecule has 4 heterocycles. The monoisotopic (exact) mass is 383 g/mol. The second kappa shape index (κ2) is 9.30. The Labute approximate surface area is 166 Å². The number of carbonyl (C=O) groups excluding carboxylic acids is 1. The van der Waals surface area contributed by atoms with Crippen LogP contribution in [0.4, 0.5) is 0 Å². The molecule has 2 aromatic heterocycles. The Balaban J connectivity index is 1.23. The molecule has 2 fully saturated rings. The maximum absolute atomic E-state index is 12.6. The molecule has 7 nitrogen and oxygen atoms in total. The predicted molar refractivity (Wildman–Crippen MR) is 105 cm³/mol. The zero-order valence-electron chi connectivity index (χ0n) is 16.3. The number of hydrogen-bond donors (Lipinski definition) is 1. The summed E-state index contributed by atoms with van der Waals surface area (Å²) < 4.78 is 4.82. The third-order valence-corrected chi connectivity index (χ3v) is 5.96. The molecule has 1 N–H and O–H groups in total. The van der Waals surface area contributed by atoms with Crippen molar-refractivity contribution < 1.29 is 9.32 Å². The zero-order valence-corrected chi connectivity index (χ0v) is 16.3. The van der Waals surface area contributed by atoms with E-state index in [2.05, 4.69) is 31.3 Å². The van der Waals surface area contributed by atoms with Gasteiger partial charge in [-0.25, -0.2) is 0 Å². The number of carbonyl (C=O) groups is 1. The molecule has 28 heavy (non-hydrogen) atoms. The minimum Gasteiger partial charge on any atom is -0.364 e. The minimum atomic E-state index is 0.0778. The normalized spacial score (nSPS) is 22.2. The van der Waals surface area contributed by atoms with Gasteiger partial charge in [-0.1, -0.05) is 11.2 Å². The van der Waals surface area contributed by atoms with E-state index in [1.165, 1.54) is 24.7 Å². The number of nitrogens with zero attached hydrogens (tertiary/aromatic N) is 4. The highest BCUT2D eigenvalue weighted by atomic mass is 16.5. The quantitative estimate of drug-likeness (QED) is 0.823. The predicted octanol–water partition coefficient (Wildman–Crippen LogP) is 2.06. The Morgan fingerprint density at radius 2 is 2.11 bits per heavy atom. The van der Waals surface area contributed by atoms with E-state index < -0.39 is 0 Å². The van der Waals surface area contributed by atoms with Crippen LogP contribution >= 0.6 is 0 Å². The van der Waals surface area contributed by atoms with E-state index in [-0.39, 0.29) is 11.8 Å². The van der Waals surface area contributed by atoms with Gasteiger partial charge in [-0.05, 0) is 56.9 Å². The molecule has 0 spiro atoms. The van der Waals surface area contributed by atoms with Gasteiger partial charge in [0.2, 0.25) is 5.91 Å².